The number of anilines is 1. The van der Waals surface area contributed by atoms with E-state index in [-0.39, 0.29) is 25.0 Å². The molecule has 0 radical (unpaired) electrons. The number of aliphatic imine (C=N–C) groups is 1. The summed E-state index contributed by atoms with van der Waals surface area (Å²) in [6.45, 7) is 2.49. The van der Waals surface area contributed by atoms with E-state index in [4.69, 9.17) is 0 Å². The van der Waals surface area contributed by atoms with Crippen LogP contribution in [-0.2, 0) is 4.79 Å². The van der Waals surface area contributed by atoms with E-state index in [1.807, 2.05) is 37.3 Å². The molecule has 1 amide bonds. The Kier molecular flexibility index (Phi) is 7.46. The number of carbonyl (C=O) groups is 1. The van der Waals surface area contributed by atoms with Crippen molar-refractivity contribution in [1.82, 2.24) is 15.5 Å². The first kappa shape index (κ1) is 21.0. The Bertz CT molecular complexity index is 636. The Labute approximate surface area is 157 Å². The number of hydrogen-bond acceptors (Lipinski definition) is 3. The Morgan fingerprint density at radius 2 is 2.04 bits per heavy atom. The number of guanidine groups is 1. The molecule has 1 aromatic rings. The zero-order valence-electron chi connectivity index (χ0n) is 15.6. The summed E-state index contributed by atoms with van der Waals surface area (Å²) in [5.74, 6) is 0.532. The molecule has 1 aliphatic rings. The molecular formula is C18H26F3N5O. The first-order valence-corrected chi connectivity index (χ1v) is 8.94. The molecule has 6 nitrogen and oxygen atoms in total. The first-order valence-electron chi connectivity index (χ1n) is 8.94. The highest BCUT2D eigenvalue weighted by molar-refractivity contribution is 5.97. The SMILES string of the molecule is CCNC(=NCCN(C)CC(F)(F)F)NC1CC(=O)N(c2ccccc2)C1. The van der Waals surface area contributed by atoms with Gasteiger partial charge in [-0.25, -0.2) is 0 Å². The number of carbonyl (C=O) groups excluding carboxylic acids is 1. The van der Waals surface area contributed by atoms with Crippen LogP contribution in [0, 0.1) is 0 Å². The van der Waals surface area contributed by atoms with Gasteiger partial charge in [-0.2, -0.15) is 13.2 Å². The second-order valence-electron chi connectivity index (χ2n) is 6.50. The van der Waals surface area contributed by atoms with Gasteiger partial charge in [-0.05, 0) is 26.1 Å². The molecule has 9 heteroatoms. The molecule has 0 aromatic heterocycles. The standard InChI is InChI=1S/C18H26F3N5O/c1-3-22-17(23-9-10-25(2)13-18(19,20)21)24-14-11-16(27)26(12-14)15-7-5-4-6-8-15/h4-8,14H,3,9-13H2,1-2H3,(H2,22,23,24). The van der Waals surface area contributed by atoms with Crippen LogP contribution < -0.4 is 15.5 Å². The maximum absolute atomic E-state index is 12.4. The van der Waals surface area contributed by atoms with Crippen molar-refractivity contribution in [1.29, 1.82) is 0 Å². The highest BCUT2D eigenvalue weighted by Crippen LogP contribution is 2.21. The van der Waals surface area contributed by atoms with Gasteiger partial charge in [0.1, 0.15) is 0 Å². The predicted molar refractivity (Wildman–Crippen MR) is 99.9 cm³/mol. The summed E-state index contributed by atoms with van der Waals surface area (Å²) in [5.41, 5.74) is 0.850. The summed E-state index contributed by atoms with van der Waals surface area (Å²) in [6, 6.07) is 9.32. The van der Waals surface area contributed by atoms with Crippen LogP contribution in [0.15, 0.2) is 35.3 Å². The molecular weight excluding hydrogens is 359 g/mol. The average molecular weight is 385 g/mol. The van der Waals surface area contributed by atoms with E-state index in [2.05, 4.69) is 15.6 Å². The van der Waals surface area contributed by atoms with Crippen molar-refractivity contribution in [3.05, 3.63) is 30.3 Å². The van der Waals surface area contributed by atoms with Crippen molar-refractivity contribution >= 4 is 17.6 Å². The summed E-state index contributed by atoms with van der Waals surface area (Å²) < 4.78 is 37.1. The number of likely N-dealkylation sites (N-methyl/N-ethyl adjacent to an activating group) is 1. The maximum Gasteiger partial charge on any atom is 0.401 e. The zero-order chi connectivity index (χ0) is 19.9. The molecule has 0 bridgehead atoms. The van der Waals surface area contributed by atoms with Gasteiger partial charge in [0.25, 0.3) is 0 Å². The molecule has 1 aliphatic heterocycles. The first-order chi connectivity index (χ1) is 12.8. The minimum Gasteiger partial charge on any atom is -0.357 e. The largest absolute Gasteiger partial charge is 0.401 e. The van der Waals surface area contributed by atoms with Crippen LogP contribution in [0.3, 0.4) is 0 Å². The topological polar surface area (TPSA) is 60.0 Å². The molecule has 2 rings (SSSR count). The van der Waals surface area contributed by atoms with Gasteiger partial charge in [0.2, 0.25) is 5.91 Å². The van der Waals surface area contributed by atoms with E-state index in [0.29, 0.717) is 25.5 Å². The lowest BCUT2D eigenvalue weighted by Crippen LogP contribution is -2.45. The summed E-state index contributed by atoms with van der Waals surface area (Å²) in [6.07, 6.45) is -3.88. The number of benzene rings is 1. The Hall–Kier alpha value is -2.29. The van der Waals surface area contributed by atoms with E-state index < -0.39 is 12.7 Å². The molecule has 1 heterocycles. The van der Waals surface area contributed by atoms with Gasteiger partial charge in [0.05, 0.1) is 19.1 Å². The highest BCUT2D eigenvalue weighted by Gasteiger charge is 2.31. The van der Waals surface area contributed by atoms with Crippen LogP contribution in [0.25, 0.3) is 0 Å². The lowest BCUT2D eigenvalue weighted by atomic mass is 10.2. The fourth-order valence-electron chi connectivity index (χ4n) is 2.89. The van der Waals surface area contributed by atoms with Crippen LogP contribution in [0.1, 0.15) is 13.3 Å². The summed E-state index contributed by atoms with van der Waals surface area (Å²) >= 11 is 0. The quantitative estimate of drug-likeness (QED) is 0.556. The molecule has 150 valence electrons. The van der Waals surface area contributed by atoms with Gasteiger partial charge >= 0.3 is 6.18 Å². The molecule has 1 saturated heterocycles. The van der Waals surface area contributed by atoms with Crippen LogP contribution in [0.5, 0.6) is 0 Å². The van der Waals surface area contributed by atoms with Crippen molar-refractivity contribution in [3.8, 4) is 0 Å². The molecule has 0 aliphatic carbocycles. The average Bonchev–Trinajstić information content (AvgIpc) is 2.94. The Morgan fingerprint density at radius 1 is 1.33 bits per heavy atom. The van der Waals surface area contributed by atoms with E-state index in [1.54, 1.807) is 4.90 Å². The van der Waals surface area contributed by atoms with Gasteiger partial charge in [-0.15, -0.1) is 0 Å². The highest BCUT2D eigenvalue weighted by atomic mass is 19.4. The van der Waals surface area contributed by atoms with Gasteiger partial charge in [-0.1, -0.05) is 18.2 Å². The minimum absolute atomic E-state index is 0.0273. The number of hydrogen-bond donors (Lipinski definition) is 2. The van der Waals surface area contributed by atoms with Crippen molar-refractivity contribution in [3.63, 3.8) is 0 Å². The molecule has 1 fully saturated rings. The van der Waals surface area contributed by atoms with Crippen LogP contribution in [0.2, 0.25) is 0 Å². The molecule has 27 heavy (non-hydrogen) atoms. The summed E-state index contributed by atoms with van der Waals surface area (Å²) in [7, 11) is 1.41. The second kappa shape index (κ2) is 9.59. The molecule has 1 atom stereocenters. The van der Waals surface area contributed by atoms with Gasteiger partial charge in [0.15, 0.2) is 5.96 Å². The van der Waals surface area contributed by atoms with E-state index in [9.17, 15) is 18.0 Å². The Balaban J connectivity index is 1.89. The van der Waals surface area contributed by atoms with Crippen molar-refractivity contribution in [2.45, 2.75) is 25.6 Å². The maximum atomic E-state index is 12.4. The zero-order valence-corrected chi connectivity index (χ0v) is 15.6. The molecule has 0 spiro atoms. The van der Waals surface area contributed by atoms with Gasteiger partial charge < -0.3 is 15.5 Å². The fraction of sp³-hybridized carbons (Fsp3) is 0.556. The third-order valence-corrected chi connectivity index (χ3v) is 4.08. The van der Waals surface area contributed by atoms with E-state index in [0.717, 1.165) is 5.69 Å². The second-order valence-corrected chi connectivity index (χ2v) is 6.50. The van der Waals surface area contributed by atoms with Crippen molar-refractivity contribution in [2.24, 2.45) is 4.99 Å². The molecule has 0 saturated carbocycles. The van der Waals surface area contributed by atoms with E-state index >= 15 is 0 Å². The predicted octanol–water partition coefficient (Wildman–Crippen LogP) is 1.84. The molecule has 2 N–H and O–H groups in total. The third kappa shape index (κ3) is 7.09. The number of alkyl halides is 3. The number of rotatable bonds is 7. The van der Waals surface area contributed by atoms with Crippen molar-refractivity contribution < 1.29 is 18.0 Å². The number of halogens is 3. The fourth-order valence-corrected chi connectivity index (χ4v) is 2.89. The smallest absolute Gasteiger partial charge is 0.357 e. The third-order valence-electron chi connectivity index (χ3n) is 4.08. The van der Waals surface area contributed by atoms with Crippen molar-refractivity contribution in [2.75, 3.05) is 44.7 Å². The summed E-state index contributed by atoms with van der Waals surface area (Å²) in [5, 5.41) is 6.27. The van der Waals surface area contributed by atoms with E-state index in [1.165, 1.54) is 11.9 Å². The number of amides is 1. The summed E-state index contributed by atoms with van der Waals surface area (Å²) in [4.78, 5) is 19.5. The Morgan fingerprint density at radius 3 is 2.67 bits per heavy atom. The van der Waals surface area contributed by atoms with Gasteiger partial charge in [0, 0.05) is 31.7 Å². The van der Waals surface area contributed by atoms with Crippen LogP contribution in [-0.4, -0.2) is 68.8 Å². The minimum atomic E-state index is -4.22. The lowest BCUT2D eigenvalue weighted by Gasteiger charge is -2.20. The van der Waals surface area contributed by atoms with Crippen LogP contribution in [0.4, 0.5) is 18.9 Å². The molecule has 1 aromatic carbocycles. The van der Waals surface area contributed by atoms with Crippen LogP contribution >= 0.6 is 0 Å². The normalized spacial score (nSPS) is 18.3. The van der Waals surface area contributed by atoms with Gasteiger partial charge in [-0.3, -0.25) is 14.7 Å². The monoisotopic (exact) mass is 385 g/mol. The molecule has 1 unspecified atom stereocenters. The number of nitrogens with one attached hydrogen (secondary N) is 2. The number of nitrogens with zero attached hydrogens (tertiary/aromatic N) is 3. The number of para-hydroxylation sites is 1. The lowest BCUT2D eigenvalue weighted by molar-refractivity contribution is -0.142.